The summed E-state index contributed by atoms with van der Waals surface area (Å²) in [6.45, 7) is 0. The van der Waals surface area contributed by atoms with Gasteiger partial charge in [-0.15, -0.1) is 0 Å². The van der Waals surface area contributed by atoms with E-state index in [-0.39, 0.29) is 0 Å². The molecule has 2 aromatic heterocycles. The standard InChI is InChI=1S/C60H36N2/c1-4-19-41-38(16-1)39-17-2-5-20-42(39)51-36-53-44-22-7-8-26-48(44)60-49(40-18-3-6-21-43(40)52(53)35-50(41)51)27-15-31-59(60)62-57-30-14-11-25-47(57)54-34-37(32-33-58(54)62)61-55-28-12-9-23-45(55)46-24-10-13-29-56(46)61/h1-36H. The van der Waals surface area contributed by atoms with Gasteiger partial charge in [0.2, 0.25) is 0 Å². The molecule has 0 unspecified atom stereocenters. The number of hydrogen-bond acceptors (Lipinski definition) is 0. The zero-order valence-electron chi connectivity index (χ0n) is 33.7. The van der Waals surface area contributed by atoms with Crippen molar-refractivity contribution >= 4 is 75.9 Å². The van der Waals surface area contributed by atoms with Crippen molar-refractivity contribution in [2.24, 2.45) is 0 Å². The van der Waals surface area contributed by atoms with Crippen LogP contribution in [-0.2, 0) is 0 Å². The average molecular weight is 785 g/mol. The Morgan fingerprint density at radius 2 is 0.597 bits per heavy atom. The smallest absolute Gasteiger partial charge is 0.0547 e. The number of hydrogen-bond donors (Lipinski definition) is 0. The third-order valence-corrected chi connectivity index (χ3v) is 13.7. The van der Waals surface area contributed by atoms with Crippen LogP contribution in [0.3, 0.4) is 0 Å². The van der Waals surface area contributed by atoms with Crippen LogP contribution in [0.25, 0.3) is 132 Å². The Kier molecular flexibility index (Phi) is 6.86. The first-order chi connectivity index (χ1) is 30.8. The van der Waals surface area contributed by atoms with Crippen LogP contribution in [0.15, 0.2) is 218 Å². The lowest BCUT2D eigenvalue weighted by Crippen LogP contribution is -2.03. The molecular weight excluding hydrogens is 749 g/mol. The second-order valence-electron chi connectivity index (χ2n) is 16.7. The molecule has 0 spiro atoms. The van der Waals surface area contributed by atoms with Gasteiger partial charge in [0.15, 0.2) is 0 Å². The fourth-order valence-corrected chi connectivity index (χ4v) is 11.1. The van der Waals surface area contributed by atoms with E-state index < -0.39 is 0 Å². The molecular formula is C60H36N2. The molecule has 62 heavy (non-hydrogen) atoms. The summed E-state index contributed by atoms with van der Waals surface area (Å²) >= 11 is 0. The number of rotatable bonds is 2. The van der Waals surface area contributed by atoms with Crippen molar-refractivity contribution in [3.63, 3.8) is 0 Å². The third-order valence-electron chi connectivity index (χ3n) is 13.7. The van der Waals surface area contributed by atoms with Gasteiger partial charge in [-0.3, -0.25) is 0 Å². The summed E-state index contributed by atoms with van der Waals surface area (Å²) in [7, 11) is 0. The molecule has 0 saturated carbocycles. The van der Waals surface area contributed by atoms with E-state index in [2.05, 4.69) is 228 Å². The van der Waals surface area contributed by atoms with Crippen LogP contribution in [-0.4, -0.2) is 9.13 Å². The first-order valence-corrected chi connectivity index (χ1v) is 21.5. The zero-order valence-corrected chi connectivity index (χ0v) is 33.7. The summed E-state index contributed by atoms with van der Waals surface area (Å²) in [4.78, 5) is 0. The molecule has 286 valence electrons. The van der Waals surface area contributed by atoms with Crippen molar-refractivity contribution in [2.45, 2.75) is 0 Å². The van der Waals surface area contributed by atoms with E-state index in [1.165, 1.54) is 126 Å². The Hall–Kier alpha value is -8.20. The number of para-hydroxylation sites is 3. The van der Waals surface area contributed by atoms with E-state index in [9.17, 15) is 0 Å². The van der Waals surface area contributed by atoms with E-state index in [4.69, 9.17) is 0 Å². The molecule has 14 rings (SSSR count). The topological polar surface area (TPSA) is 9.86 Å². The molecule has 11 aromatic carbocycles. The second-order valence-corrected chi connectivity index (χ2v) is 16.7. The summed E-state index contributed by atoms with van der Waals surface area (Å²) in [6, 6.07) is 81.3. The molecule has 0 aliphatic heterocycles. The van der Waals surface area contributed by atoms with Crippen LogP contribution in [0, 0.1) is 0 Å². The maximum Gasteiger partial charge on any atom is 0.0547 e. The third kappa shape index (κ3) is 4.53. The Balaban J connectivity index is 1.07. The Morgan fingerprint density at radius 3 is 1.16 bits per heavy atom. The number of fused-ring (bicyclic) bond motifs is 20. The minimum Gasteiger partial charge on any atom is -0.309 e. The summed E-state index contributed by atoms with van der Waals surface area (Å²) in [5, 5.41) is 12.7. The van der Waals surface area contributed by atoms with E-state index >= 15 is 0 Å². The normalized spacial score (nSPS) is 12.2. The van der Waals surface area contributed by atoms with E-state index in [0.29, 0.717) is 0 Å². The molecule has 0 amide bonds. The second kappa shape index (κ2) is 12.7. The van der Waals surface area contributed by atoms with Crippen molar-refractivity contribution in [1.82, 2.24) is 9.13 Å². The summed E-state index contributed by atoms with van der Waals surface area (Å²) in [6.07, 6.45) is 0. The van der Waals surface area contributed by atoms with Crippen molar-refractivity contribution in [2.75, 3.05) is 0 Å². The van der Waals surface area contributed by atoms with Crippen LogP contribution in [0.2, 0.25) is 0 Å². The van der Waals surface area contributed by atoms with Crippen molar-refractivity contribution in [3.8, 4) is 55.9 Å². The lowest BCUT2D eigenvalue weighted by Gasteiger charge is -2.26. The quantitative estimate of drug-likeness (QED) is 0.155. The van der Waals surface area contributed by atoms with Gasteiger partial charge >= 0.3 is 0 Å². The van der Waals surface area contributed by atoms with Gasteiger partial charge in [0.25, 0.3) is 0 Å². The monoisotopic (exact) mass is 784 g/mol. The predicted molar refractivity (Wildman–Crippen MR) is 263 cm³/mol. The van der Waals surface area contributed by atoms with Gasteiger partial charge in [-0.25, -0.2) is 0 Å². The van der Waals surface area contributed by atoms with Crippen molar-refractivity contribution in [1.29, 1.82) is 0 Å². The van der Waals surface area contributed by atoms with Gasteiger partial charge in [-0.05, 0) is 126 Å². The Labute approximate surface area is 357 Å². The van der Waals surface area contributed by atoms with E-state index in [1.807, 2.05) is 0 Å². The highest BCUT2D eigenvalue weighted by Crippen LogP contribution is 2.52. The fraction of sp³-hybridized carbons (Fsp3) is 0. The SMILES string of the molecule is c1ccc2c(c1)-c1cc3c4ccccc4c4ccccc4c3cc1-c1ccccc1-c1c-2cccc1-n1c2ccccc2c2cc(-n3c4ccccc4c4ccccc43)ccc21. The average Bonchev–Trinajstić information content (AvgIpc) is 3.85. The molecule has 0 fully saturated rings. The molecule has 0 bridgehead atoms. The highest BCUT2D eigenvalue weighted by Gasteiger charge is 2.27. The predicted octanol–water partition coefficient (Wildman–Crippen LogP) is 16.3. The maximum atomic E-state index is 2.51. The Morgan fingerprint density at radius 1 is 0.210 bits per heavy atom. The summed E-state index contributed by atoms with van der Waals surface area (Å²) < 4.78 is 4.94. The molecule has 1 aliphatic rings. The molecule has 0 radical (unpaired) electrons. The molecule has 2 heteroatoms. The highest BCUT2D eigenvalue weighted by molar-refractivity contribution is 6.27. The van der Waals surface area contributed by atoms with E-state index in [1.54, 1.807) is 0 Å². The zero-order chi connectivity index (χ0) is 40.5. The highest BCUT2D eigenvalue weighted by atomic mass is 15.0. The first-order valence-electron chi connectivity index (χ1n) is 21.5. The minimum atomic E-state index is 1.16. The van der Waals surface area contributed by atoms with Gasteiger partial charge in [0, 0.05) is 32.8 Å². The molecule has 2 heterocycles. The van der Waals surface area contributed by atoms with E-state index in [0.717, 1.165) is 5.69 Å². The minimum absolute atomic E-state index is 1.16. The lowest BCUT2D eigenvalue weighted by atomic mass is 9.79. The van der Waals surface area contributed by atoms with Crippen LogP contribution in [0.5, 0.6) is 0 Å². The van der Waals surface area contributed by atoms with Crippen LogP contribution in [0.1, 0.15) is 0 Å². The van der Waals surface area contributed by atoms with Gasteiger partial charge in [0.1, 0.15) is 0 Å². The molecule has 0 N–H and O–H groups in total. The molecule has 2 nitrogen and oxygen atoms in total. The van der Waals surface area contributed by atoms with Crippen molar-refractivity contribution in [3.05, 3.63) is 218 Å². The first kappa shape index (κ1) is 33.6. The van der Waals surface area contributed by atoms with Crippen LogP contribution >= 0.6 is 0 Å². The fourth-order valence-electron chi connectivity index (χ4n) is 11.1. The molecule has 13 aromatic rings. The maximum absolute atomic E-state index is 2.51. The van der Waals surface area contributed by atoms with Gasteiger partial charge in [-0.2, -0.15) is 0 Å². The largest absolute Gasteiger partial charge is 0.309 e. The summed E-state index contributed by atoms with van der Waals surface area (Å²) in [5.41, 5.74) is 17.0. The molecule has 0 saturated heterocycles. The number of benzene rings is 11. The van der Waals surface area contributed by atoms with Gasteiger partial charge < -0.3 is 9.13 Å². The van der Waals surface area contributed by atoms with Gasteiger partial charge in [-0.1, -0.05) is 164 Å². The lowest BCUT2D eigenvalue weighted by molar-refractivity contribution is 1.17. The van der Waals surface area contributed by atoms with Crippen LogP contribution in [0.4, 0.5) is 0 Å². The number of nitrogens with zero attached hydrogens (tertiary/aromatic N) is 2. The van der Waals surface area contributed by atoms with Crippen LogP contribution < -0.4 is 0 Å². The van der Waals surface area contributed by atoms with Gasteiger partial charge in [0.05, 0.1) is 27.8 Å². The summed E-state index contributed by atoms with van der Waals surface area (Å²) in [5.74, 6) is 0. The molecule has 1 aliphatic carbocycles. The van der Waals surface area contributed by atoms with Crippen molar-refractivity contribution < 1.29 is 0 Å². The Bertz CT molecular complexity index is 3990. The molecule has 0 atom stereocenters. The number of aromatic nitrogens is 2.